The van der Waals surface area contributed by atoms with Crippen LogP contribution in [-0.2, 0) is 13.7 Å². The van der Waals surface area contributed by atoms with Crippen molar-refractivity contribution in [2.45, 2.75) is 50.2 Å². The summed E-state index contributed by atoms with van der Waals surface area (Å²) in [7, 11) is -9.30. The van der Waals surface area contributed by atoms with Gasteiger partial charge < -0.3 is 24.9 Å². The molecule has 7 nitrogen and oxygen atoms in total. The molecule has 102 valence electrons. The summed E-state index contributed by atoms with van der Waals surface area (Å²) in [5.41, 5.74) is 2.93. The summed E-state index contributed by atoms with van der Waals surface area (Å²) in [5.74, 6) is 0. The molecule has 5 N–H and O–H groups in total. The molecule has 0 aromatic rings. The molecular weight excluding hydrogens is 268 g/mol. The summed E-state index contributed by atoms with van der Waals surface area (Å²) in [4.78, 5) is 27.0. The highest BCUT2D eigenvalue weighted by molar-refractivity contribution is 7.71. The van der Waals surface area contributed by atoms with Gasteiger partial charge in [0, 0.05) is 0 Å². The van der Waals surface area contributed by atoms with E-state index in [1.165, 1.54) is 0 Å². The first kappa shape index (κ1) is 15.3. The predicted molar refractivity (Wildman–Crippen MR) is 62.4 cm³/mol. The molecule has 1 saturated carbocycles. The minimum atomic E-state index is -4.82. The number of nitrogens with two attached hydrogens (primary N) is 1. The highest BCUT2D eigenvalue weighted by Gasteiger charge is 2.43. The number of hydrogen-bond acceptors (Lipinski definition) is 4. The second kappa shape index (κ2) is 5.93. The smallest absolute Gasteiger partial charge is 0.323 e. The Morgan fingerprint density at radius 1 is 1.06 bits per heavy atom. The van der Waals surface area contributed by atoms with Crippen molar-refractivity contribution in [3.05, 3.63) is 0 Å². The lowest BCUT2D eigenvalue weighted by atomic mass is 10.2. The quantitative estimate of drug-likeness (QED) is 0.453. The van der Waals surface area contributed by atoms with Crippen LogP contribution in [0.15, 0.2) is 0 Å². The van der Waals surface area contributed by atoms with Crippen molar-refractivity contribution in [1.29, 1.82) is 0 Å². The van der Waals surface area contributed by atoms with E-state index in [9.17, 15) is 14.0 Å². The van der Waals surface area contributed by atoms with Gasteiger partial charge in [0.05, 0.1) is 6.10 Å². The Bertz CT molecular complexity index is 335. The molecule has 2 unspecified atom stereocenters. The topological polar surface area (TPSA) is 130 Å². The molecule has 1 fully saturated rings. The van der Waals surface area contributed by atoms with Crippen molar-refractivity contribution in [1.82, 2.24) is 0 Å². The van der Waals surface area contributed by atoms with Crippen LogP contribution >= 0.6 is 15.2 Å². The second-order valence-electron chi connectivity index (χ2n) is 4.29. The van der Waals surface area contributed by atoms with Crippen molar-refractivity contribution in [3.8, 4) is 0 Å². The molecule has 0 saturated heterocycles. The SMILES string of the molecule is NC(P(=O)(O)O)P(=O)(O)OC1CCCCCC1. The van der Waals surface area contributed by atoms with E-state index >= 15 is 0 Å². The van der Waals surface area contributed by atoms with E-state index in [1.807, 2.05) is 0 Å². The van der Waals surface area contributed by atoms with Gasteiger partial charge in [-0.15, -0.1) is 0 Å². The molecule has 1 rings (SSSR count). The fourth-order valence-corrected chi connectivity index (χ4v) is 4.26. The fourth-order valence-electron chi connectivity index (χ4n) is 1.81. The van der Waals surface area contributed by atoms with E-state index in [-0.39, 0.29) is 0 Å². The minimum absolute atomic E-state index is 0.439. The first-order chi connectivity index (χ1) is 7.73. The van der Waals surface area contributed by atoms with Gasteiger partial charge >= 0.3 is 15.2 Å². The Kier molecular flexibility index (Phi) is 5.35. The largest absolute Gasteiger partial charge is 0.357 e. The lowest BCUT2D eigenvalue weighted by molar-refractivity contribution is 0.156. The number of hydrogen-bond donors (Lipinski definition) is 4. The Morgan fingerprint density at radius 2 is 1.53 bits per heavy atom. The summed E-state index contributed by atoms with van der Waals surface area (Å²) < 4.78 is 27.4. The third kappa shape index (κ3) is 4.79. The van der Waals surface area contributed by atoms with Gasteiger partial charge in [-0.3, -0.25) is 9.13 Å². The van der Waals surface area contributed by atoms with E-state index in [0.717, 1.165) is 25.7 Å². The van der Waals surface area contributed by atoms with Crippen LogP contribution in [0.5, 0.6) is 0 Å². The molecule has 17 heavy (non-hydrogen) atoms. The molecule has 0 spiro atoms. The van der Waals surface area contributed by atoms with Crippen LogP contribution in [0.1, 0.15) is 38.5 Å². The third-order valence-electron chi connectivity index (χ3n) is 2.78. The van der Waals surface area contributed by atoms with Gasteiger partial charge in [-0.2, -0.15) is 0 Å². The molecular formula is C8H19NO6P2. The maximum Gasteiger partial charge on any atom is 0.357 e. The molecule has 1 aliphatic rings. The average Bonchev–Trinajstić information content (AvgIpc) is 2.43. The van der Waals surface area contributed by atoms with E-state index in [2.05, 4.69) is 0 Å². The average molecular weight is 287 g/mol. The molecule has 0 bridgehead atoms. The Labute approximate surface area is 100 Å². The lowest BCUT2D eigenvalue weighted by Gasteiger charge is -2.24. The van der Waals surface area contributed by atoms with Crippen molar-refractivity contribution < 1.29 is 28.3 Å². The molecule has 0 aromatic carbocycles. The zero-order valence-electron chi connectivity index (χ0n) is 9.44. The van der Waals surface area contributed by atoms with Crippen LogP contribution in [0, 0.1) is 0 Å². The first-order valence-corrected chi connectivity index (χ1v) is 8.88. The summed E-state index contributed by atoms with van der Waals surface area (Å²) >= 11 is 0. The zero-order chi connectivity index (χ0) is 13.1. The molecule has 1 aliphatic carbocycles. The summed E-state index contributed by atoms with van der Waals surface area (Å²) in [6, 6.07) is 0. The van der Waals surface area contributed by atoms with Gasteiger partial charge in [0.15, 0.2) is 0 Å². The first-order valence-electron chi connectivity index (χ1n) is 5.55. The molecule has 0 aliphatic heterocycles. The van der Waals surface area contributed by atoms with Crippen LogP contribution < -0.4 is 5.73 Å². The van der Waals surface area contributed by atoms with Crippen LogP contribution in [0.25, 0.3) is 0 Å². The van der Waals surface area contributed by atoms with Crippen molar-refractivity contribution >= 4 is 15.2 Å². The standard InChI is InChI=1S/C8H19NO6P2/c9-8(16(10,11)12)17(13,14)15-7-5-3-1-2-4-6-7/h7-8H,1-6,9H2,(H,13,14)(H2,10,11,12). The van der Waals surface area contributed by atoms with E-state index < -0.39 is 26.8 Å². The van der Waals surface area contributed by atoms with Crippen molar-refractivity contribution in [2.75, 3.05) is 0 Å². The Hall–Kier alpha value is 0.260. The summed E-state index contributed by atoms with van der Waals surface area (Å²) in [5, 5.41) is 0. The van der Waals surface area contributed by atoms with Crippen LogP contribution in [0.3, 0.4) is 0 Å². The van der Waals surface area contributed by atoms with E-state index in [4.69, 9.17) is 20.0 Å². The van der Waals surface area contributed by atoms with Crippen LogP contribution in [0.4, 0.5) is 0 Å². The van der Waals surface area contributed by atoms with E-state index in [1.54, 1.807) is 0 Å². The van der Waals surface area contributed by atoms with Gasteiger partial charge in [-0.25, -0.2) is 0 Å². The van der Waals surface area contributed by atoms with Gasteiger partial charge in [-0.1, -0.05) is 25.7 Å². The van der Waals surface area contributed by atoms with Crippen LogP contribution in [0.2, 0.25) is 0 Å². The molecule has 2 atom stereocenters. The number of rotatable bonds is 4. The highest BCUT2D eigenvalue weighted by atomic mass is 31.2. The van der Waals surface area contributed by atoms with Crippen molar-refractivity contribution in [2.24, 2.45) is 5.73 Å². The van der Waals surface area contributed by atoms with E-state index in [0.29, 0.717) is 12.8 Å². The highest BCUT2D eigenvalue weighted by Crippen LogP contribution is 2.61. The molecule has 0 heterocycles. The molecule has 0 radical (unpaired) electrons. The minimum Gasteiger partial charge on any atom is -0.323 e. The van der Waals surface area contributed by atoms with Gasteiger partial charge in [0.2, 0.25) is 5.52 Å². The normalized spacial score (nSPS) is 24.9. The van der Waals surface area contributed by atoms with Gasteiger partial charge in [0.1, 0.15) is 0 Å². The maximum atomic E-state index is 11.7. The fraction of sp³-hybridized carbons (Fsp3) is 1.00. The monoisotopic (exact) mass is 287 g/mol. The maximum absolute atomic E-state index is 11.7. The molecule has 9 heteroatoms. The Balaban J connectivity index is 2.64. The van der Waals surface area contributed by atoms with Crippen LogP contribution in [-0.4, -0.2) is 26.3 Å². The molecule has 0 amide bonds. The van der Waals surface area contributed by atoms with Crippen molar-refractivity contribution in [3.63, 3.8) is 0 Å². The third-order valence-corrected chi connectivity index (χ3v) is 6.52. The second-order valence-corrected chi connectivity index (χ2v) is 8.32. The van der Waals surface area contributed by atoms with Gasteiger partial charge in [0.25, 0.3) is 0 Å². The lowest BCUT2D eigenvalue weighted by Crippen LogP contribution is -2.24. The van der Waals surface area contributed by atoms with Gasteiger partial charge in [-0.05, 0) is 12.8 Å². The summed E-state index contributed by atoms with van der Waals surface area (Å²) in [6.07, 6.45) is 4.66. The molecule has 0 aromatic heterocycles. The predicted octanol–water partition coefficient (Wildman–Crippen LogP) is 1.33. The zero-order valence-corrected chi connectivity index (χ0v) is 11.2. The summed E-state index contributed by atoms with van der Waals surface area (Å²) in [6.45, 7) is 0. The Morgan fingerprint density at radius 3 is 1.94 bits per heavy atom.